The number of carboxylic acids is 1. The van der Waals surface area contributed by atoms with Crippen molar-refractivity contribution < 1.29 is 27.9 Å². The normalized spacial score (nSPS) is 30.0. The number of aliphatic carboxylic acids is 1. The van der Waals surface area contributed by atoms with Crippen molar-refractivity contribution in [1.82, 2.24) is 4.90 Å². The van der Waals surface area contributed by atoms with Crippen molar-refractivity contribution in [1.29, 1.82) is 0 Å². The first kappa shape index (κ1) is 19.1. The van der Waals surface area contributed by atoms with E-state index in [1.165, 1.54) is 6.07 Å². The summed E-state index contributed by atoms with van der Waals surface area (Å²) in [4.78, 5) is 28.2. The number of hydrogen-bond donors (Lipinski definition) is 1. The van der Waals surface area contributed by atoms with E-state index in [-0.39, 0.29) is 17.7 Å². The number of carbonyl (C=O) groups excluding carboxylic acids is 1. The van der Waals surface area contributed by atoms with Crippen LogP contribution in [-0.4, -0.2) is 48.1 Å². The zero-order chi connectivity index (χ0) is 20.1. The van der Waals surface area contributed by atoms with Crippen LogP contribution in [0.15, 0.2) is 24.3 Å². The lowest BCUT2D eigenvalue weighted by Crippen LogP contribution is -2.52. The first-order chi connectivity index (χ1) is 13.3. The fourth-order valence-electron chi connectivity index (χ4n) is 5.28. The first-order valence-electron chi connectivity index (χ1n) is 9.69. The van der Waals surface area contributed by atoms with Crippen molar-refractivity contribution in [2.45, 2.75) is 25.4 Å². The van der Waals surface area contributed by atoms with Gasteiger partial charge in [0.25, 0.3) is 0 Å². The van der Waals surface area contributed by atoms with Gasteiger partial charge >= 0.3 is 12.1 Å². The van der Waals surface area contributed by atoms with Crippen LogP contribution in [0.1, 0.15) is 24.8 Å². The number of carboxylic acid groups (broad SMARTS) is 1. The largest absolute Gasteiger partial charge is 0.481 e. The molecular formula is C20H23F3N2O3. The van der Waals surface area contributed by atoms with Crippen molar-refractivity contribution in [2.24, 2.45) is 23.7 Å². The van der Waals surface area contributed by atoms with Crippen LogP contribution in [-0.2, 0) is 15.8 Å². The molecule has 5 nitrogen and oxygen atoms in total. The second-order valence-corrected chi connectivity index (χ2v) is 8.08. The molecule has 1 aromatic rings. The van der Waals surface area contributed by atoms with Gasteiger partial charge in [0.05, 0.1) is 17.4 Å². The molecule has 1 amide bonds. The Hall–Kier alpha value is -2.25. The third-order valence-electron chi connectivity index (χ3n) is 6.62. The Morgan fingerprint density at radius 2 is 1.64 bits per heavy atom. The summed E-state index contributed by atoms with van der Waals surface area (Å²) < 4.78 is 38.8. The van der Waals surface area contributed by atoms with Crippen LogP contribution in [0.3, 0.4) is 0 Å². The highest BCUT2D eigenvalue weighted by Gasteiger charge is 2.54. The maximum atomic E-state index is 13.0. The van der Waals surface area contributed by atoms with E-state index < -0.39 is 29.5 Å². The van der Waals surface area contributed by atoms with E-state index in [1.807, 2.05) is 4.90 Å². The van der Waals surface area contributed by atoms with Gasteiger partial charge in [-0.05, 0) is 49.3 Å². The summed E-state index contributed by atoms with van der Waals surface area (Å²) in [6.45, 7) is 1.67. The zero-order valence-corrected chi connectivity index (χ0v) is 15.4. The van der Waals surface area contributed by atoms with Crippen LogP contribution in [0.5, 0.6) is 0 Å². The molecule has 8 heteroatoms. The molecule has 0 radical (unpaired) electrons. The number of halogens is 3. The van der Waals surface area contributed by atoms with Gasteiger partial charge in [-0.25, -0.2) is 0 Å². The summed E-state index contributed by atoms with van der Waals surface area (Å²) in [5.74, 6) is -1.76. The molecule has 2 aliphatic carbocycles. The molecule has 1 N–H and O–H groups in total. The molecule has 3 fully saturated rings. The Kier molecular flexibility index (Phi) is 4.75. The summed E-state index contributed by atoms with van der Waals surface area (Å²) in [6.07, 6.45) is -1.78. The molecule has 3 aliphatic rings. The molecule has 2 bridgehead atoms. The number of nitrogens with zero attached hydrogens (tertiary/aromatic N) is 2. The molecule has 1 heterocycles. The van der Waals surface area contributed by atoms with E-state index in [2.05, 4.69) is 0 Å². The third kappa shape index (κ3) is 3.33. The Balaban J connectivity index is 1.42. The number of carbonyl (C=O) groups is 2. The van der Waals surface area contributed by atoms with Gasteiger partial charge in [-0.1, -0.05) is 6.07 Å². The van der Waals surface area contributed by atoms with Crippen molar-refractivity contribution in [3.63, 3.8) is 0 Å². The zero-order valence-electron chi connectivity index (χ0n) is 15.4. The van der Waals surface area contributed by atoms with E-state index >= 15 is 0 Å². The van der Waals surface area contributed by atoms with E-state index in [9.17, 15) is 27.9 Å². The van der Waals surface area contributed by atoms with Crippen molar-refractivity contribution in [3.05, 3.63) is 29.8 Å². The maximum absolute atomic E-state index is 13.0. The highest BCUT2D eigenvalue weighted by atomic mass is 19.4. The topological polar surface area (TPSA) is 60.9 Å². The fraction of sp³-hybridized carbons (Fsp3) is 0.600. The number of rotatable bonds is 3. The summed E-state index contributed by atoms with van der Waals surface area (Å²) in [7, 11) is 0. The Labute approximate surface area is 161 Å². The summed E-state index contributed by atoms with van der Waals surface area (Å²) in [6, 6.07) is 5.21. The molecule has 4 atom stereocenters. The van der Waals surface area contributed by atoms with Gasteiger partial charge < -0.3 is 14.9 Å². The first-order valence-corrected chi connectivity index (χ1v) is 9.69. The predicted octanol–water partition coefficient (Wildman–Crippen LogP) is 3.10. The van der Waals surface area contributed by atoms with Crippen LogP contribution in [0.25, 0.3) is 0 Å². The minimum atomic E-state index is -4.39. The molecule has 4 rings (SSSR count). The minimum absolute atomic E-state index is 0.0942. The smallest absolute Gasteiger partial charge is 0.416 e. The lowest BCUT2D eigenvalue weighted by Gasteiger charge is -2.39. The van der Waals surface area contributed by atoms with Crippen molar-refractivity contribution in [2.75, 3.05) is 31.1 Å². The second kappa shape index (κ2) is 6.97. The van der Waals surface area contributed by atoms with Gasteiger partial charge in [-0.3, -0.25) is 9.59 Å². The number of hydrogen-bond acceptors (Lipinski definition) is 3. The average Bonchev–Trinajstić information content (AvgIpc) is 3.28. The van der Waals surface area contributed by atoms with E-state index in [4.69, 9.17) is 0 Å². The van der Waals surface area contributed by atoms with Crippen molar-refractivity contribution >= 4 is 17.6 Å². The van der Waals surface area contributed by atoms with E-state index in [1.54, 1.807) is 11.0 Å². The fourth-order valence-corrected chi connectivity index (χ4v) is 5.28. The molecule has 0 aromatic heterocycles. The van der Waals surface area contributed by atoms with Gasteiger partial charge in [0.1, 0.15) is 0 Å². The van der Waals surface area contributed by atoms with Crippen molar-refractivity contribution in [3.8, 4) is 0 Å². The van der Waals surface area contributed by atoms with E-state index in [0.717, 1.165) is 31.4 Å². The maximum Gasteiger partial charge on any atom is 0.416 e. The van der Waals surface area contributed by atoms with Crippen LogP contribution >= 0.6 is 0 Å². The molecule has 152 valence electrons. The lowest BCUT2D eigenvalue weighted by atomic mass is 9.78. The predicted molar refractivity (Wildman–Crippen MR) is 95.7 cm³/mol. The highest BCUT2D eigenvalue weighted by Crippen LogP contribution is 2.53. The van der Waals surface area contributed by atoms with Gasteiger partial charge in [0.15, 0.2) is 0 Å². The molecule has 2 saturated carbocycles. The number of amides is 1. The summed E-state index contributed by atoms with van der Waals surface area (Å²) in [5, 5.41) is 9.56. The molecule has 1 saturated heterocycles. The molecule has 0 unspecified atom stereocenters. The van der Waals surface area contributed by atoms with Gasteiger partial charge in [0.2, 0.25) is 5.91 Å². The lowest BCUT2D eigenvalue weighted by molar-refractivity contribution is -0.153. The minimum Gasteiger partial charge on any atom is -0.481 e. The number of piperazine rings is 1. The number of benzene rings is 1. The molecule has 1 aliphatic heterocycles. The summed E-state index contributed by atoms with van der Waals surface area (Å²) >= 11 is 0. The third-order valence-corrected chi connectivity index (χ3v) is 6.62. The number of alkyl halides is 3. The van der Waals surface area contributed by atoms with Crippen LogP contribution in [0.2, 0.25) is 0 Å². The van der Waals surface area contributed by atoms with Gasteiger partial charge in [-0.2, -0.15) is 13.2 Å². The van der Waals surface area contributed by atoms with Crippen LogP contribution < -0.4 is 4.90 Å². The molecule has 0 spiro atoms. The summed E-state index contributed by atoms with van der Waals surface area (Å²) in [5.41, 5.74) is -0.194. The molecule has 1 aromatic carbocycles. The average molecular weight is 396 g/mol. The Morgan fingerprint density at radius 1 is 1.00 bits per heavy atom. The van der Waals surface area contributed by atoms with E-state index in [0.29, 0.717) is 31.9 Å². The Bertz CT molecular complexity index is 774. The molecular weight excluding hydrogens is 373 g/mol. The highest BCUT2D eigenvalue weighted by molar-refractivity contribution is 5.86. The second-order valence-electron chi connectivity index (χ2n) is 8.08. The van der Waals surface area contributed by atoms with Crippen LogP contribution in [0, 0.1) is 23.7 Å². The quantitative estimate of drug-likeness (QED) is 0.853. The van der Waals surface area contributed by atoms with Gasteiger partial charge in [0, 0.05) is 31.9 Å². The van der Waals surface area contributed by atoms with Gasteiger partial charge in [-0.15, -0.1) is 0 Å². The SMILES string of the molecule is O=C(O)[C@H]1[C@H]2CC[C@@H](C2)[C@H]1C(=O)N1CCN(c2cccc(C(F)(F)F)c2)CC1. The van der Waals surface area contributed by atoms with Crippen LogP contribution in [0.4, 0.5) is 18.9 Å². The standard InChI is InChI=1S/C20H23F3N2O3/c21-20(22,23)14-2-1-3-15(11-14)24-6-8-25(9-7-24)18(26)16-12-4-5-13(10-12)17(16)19(27)28/h1-3,11-13,16-17H,4-10H2,(H,27,28)/t12-,13-,16+,17-/m0/s1. The number of anilines is 1. The number of fused-ring (bicyclic) bond motifs is 2. The molecule has 28 heavy (non-hydrogen) atoms. The monoisotopic (exact) mass is 396 g/mol. The Morgan fingerprint density at radius 3 is 2.25 bits per heavy atom.